The minimum Gasteiger partial charge on any atom is -0.491 e. The first-order valence-corrected chi connectivity index (χ1v) is 10.2. The maximum absolute atomic E-state index is 14.7. The zero-order valence-electron chi connectivity index (χ0n) is 16.7. The summed E-state index contributed by atoms with van der Waals surface area (Å²) in [5.41, 5.74) is 0.0425. The standard InChI is InChI=1S/C23H20ClFO6/c1-28-23(27)13-9-15(10-13)30-8-7-29-14-5-6-16(19(25)11-14)21-12-20(26)17-3-2-4-18(24)22(17)31-21/h2-6,11-13,15H,7-10H2,1H3. The Morgan fingerprint density at radius 2 is 2.00 bits per heavy atom. The van der Waals surface area contributed by atoms with Crippen LogP contribution in [0.5, 0.6) is 5.75 Å². The van der Waals surface area contributed by atoms with E-state index in [9.17, 15) is 14.0 Å². The Hall–Kier alpha value is -2.90. The molecule has 31 heavy (non-hydrogen) atoms. The molecule has 1 aliphatic carbocycles. The minimum atomic E-state index is -0.590. The van der Waals surface area contributed by atoms with Crippen molar-refractivity contribution in [2.45, 2.75) is 18.9 Å². The number of rotatable bonds is 7. The van der Waals surface area contributed by atoms with Gasteiger partial charge in [-0.2, -0.15) is 0 Å². The van der Waals surface area contributed by atoms with E-state index in [4.69, 9.17) is 25.5 Å². The quantitative estimate of drug-likeness (QED) is 0.390. The second-order valence-electron chi connectivity index (χ2n) is 7.27. The summed E-state index contributed by atoms with van der Waals surface area (Å²) in [6.45, 7) is 0.554. The minimum absolute atomic E-state index is 0.00874. The van der Waals surface area contributed by atoms with E-state index in [1.165, 1.54) is 25.3 Å². The molecule has 6 nitrogen and oxygen atoms in total. The zero-order valence-corrected chi connectivity index (χ0v) is 17.5. The van der Waals surface area contributed by atoms with Crippen LogP contribution in [-0.4, -0.2) is 32.4 Å². The molecule has 1 saturated carbocycles. The topological polar surface area (TPSA) is 75.0 Å². The van der Waals surface area contributed by atoms with Crippen LogP contribution in [0.2, 0.25) is 5.02 Å². The van der Waals surface area contributed by atoms with Crippen molar-refractivity contribution >= 4 is 28.5 Å². The first-order chi connectivity index (χ1) is 15.0. The van der Waals surface area contributed by atoms with Crippen LogP contribution in [0.4, 0.5) is 4.39 Å². The van der Waals surface area contributed by atoms with E-state index in [2.05, 4.69) is 4.74 Å². The fourth-order valence-corrected chi connectivity index (χ4v) is 3.71. The highest BCUT2D eigenvalue weighted by molar-refractivity contribution is 6.34. The van der Waals surface area contributed by atoms with Crippen molar-refractivity contribution < 1.29 is 27.8 Å². The first kappa shape index (κ1) is 21.3. The van der Waals surface area contributed by atoms with Crippen LogP contribution in [0, 0.1) is 11.7 Å². The lowest BCUT2D eigenvalue weighted by atomic mass is 9.82. The molecule has 1 fully saturated rings. The fraction of sp³-hybridized carbons (Fsp3) is 0.304. The second-order valence-corrected chi connectivity index (χ2v) is 7.67. The lowest BCUT2D eigenvalue weighted by Gasteiger charge is -2.32. The average molecular weight is 447 g/mol. The first-order valence-electron chi connectivity index (χ1n) is 9.81. The predicted molar refractivity (Wildman–Crippen MR) is 113 cm³/mol. The van der Waals surface area contributed by atoms with E-state index in [0.29, 0.717) is 30.6 Å². The van der Waals surface area contributed by atoms with E-state index < -0.39 is 5.82 Å². The smallest absolute Gasteiger partial charge is 0.308 e. The predicted octanol–water partition coefficient (Wildman–Crippen LogP) is 4.60. The van der Waals surface area contributed by atoms with Gasteiger partial charge >= 0.3 is 5.97 Å². The monoisotopic (exact) mass is 446 g/mol. The lowest BCUT2D eigenvalue weighted by Crippen LogP contribution is -2.37. The normalized spacial score (nSPS) is 17.9. The number of carbonyl (C=O) groups is 1. The Bertz CT molecular complexity index is 1170. The molecule has 0 aliphatic heterocycles. The number of fused-ring (bicyclic) bond motifs is 1. The maximum Gasteiger partial charge on any atom is 0.308 e. The van der Waals surface area contributed by atoms with Gasteiger partial charge in [-0.3, -0.25) is 9.59 Å². The molecule has 0 spiro atoms. The van der Waals surface area contributed by atoms with Gasteiger partial charge in [0.2, 0.25) is 0 Å². The summed E-state index contributed by atoms with van der Waals surface area (Å²) in [4.78, 5) is 23.7. The fourth-order valence-electron chi connectivity index (χ4n) is 3.50. The van der Waals surface area contributed by atoms with Crippen molar-refractivity contribution in [3.8, 4) is 17.1 Å². The van der Waals surface area contributed by atoms with Crippen LogP contribution >= 0.6 is 11.6 Å². The highest BCUT2D eigenvalue weighted by atomic mass is 35.5. The van der Waals surface area contributed by atoms with Gasteiger partial charge in [0.1, 0.15) is 23.9 Å². The van der Waals surface area contributed by atoms with Gasteiger partial charge in [-0.1, -0.05) is 17.7 Å². The number of benzene rings is 2. The van der Waals surface area contributed by atoms with E-state index in [1.807, 2.05) is 0 Å². The highest BCUT2D eigenvalue weighted by Gasteiger charge is 2.35. The summed E-state index contributed by atoms with van der Waals surface area (Å²) in [6.07, 6.45) is 1.28. The van der Waals surface area contributed by atoms with Gasteiger partial charge in [0.05, 0.1) is 41.7 Å². The molecule has 3 aromatic rings. The molecule has 1 aliphatic rings. The summed E-state index contributed by atoms with van der Waals surface area (Å²) in [5.74, 6) is -0.484. The molecule has 8 heteroatoms. The Labute approximate surface area is 182 Å². The molecular formula is C23H20ClFO6. The van der Waals surface area contributed by atoms with Crippen molar-refractivity contribution in [1.82, 2.24) is 0 Å². The van der Waals surface area contributed by atoms with E-state index in [1.54, 1.807) is 24.3 Å². The van der Waals surface area contributed by atoms with Crippen LogP contribution in [0.25, 0.3) is 22.3 Å². The molecule has 4 rings (SSSR count). The molecule has 0 bridgehead atoms. The number of para-hydroxylation sites is 1. The van der Waals surface area contributed by atoms with Crippen LogP contribution < -0.4 is 10.2 Å². The van der Waals surface area contributed by atoms with Crippen LogP contribution in [-0.2, 0) is 14.3 Å². The number of hydrogen-bond acceptors (Lipinski definition) is 6. The van der Waals surface area contributed by atoms with E-state index >= 15 is 0 Å². The van der Waals surface area contributed by atoms with Gasteiger partial charge in [-0.25, -0.2) is 4.39 Å². The van der Waals surface area contributed by atoms with Crippen molar-refractivity contribution in [3.63, 3.8) is 0 Å². The molecule has 1 heterocycles. The summed E-state index contributed by atoms with van der Waals surface area (Å²) < 4.78 is 36.2. The molecule has 162 valence electrons. The largest absolute Gasteiger partial charge is 0.491 e. The van der Waals surface area contributed by atoms with Crippen molar-refractivity contribution in [3.05, 3.63) is 63.5 Å². The molecule has 0 saturated heterocycles. The summed E-state index contributed by atoms with van der Waals surface area (Å²) in [5, 5.41) is 0.613. The van der Waals surface area contributed by atoms with Gasteiger partial charge in [0, 0.05) is 12.1 Å². The van der Waals surface area contributed by atoms with Crippen molar-refractivity contribution in [2.75, 3.05) is 20.3 Å². The maximum atomic E-state index is 14.7. The SMILES string of the molecule is COC(=O)C1CC(OCCOc2ccc(-c3cc(=O)c4cccc(Cl)c4o3)c(F)c2)C1. The van der Waals surface area contributed by atoms with Crippen LogP contribution in [0.3, 0.4) is 0 Å². The Morgan fingerprint density at radius 1 is 1.19 bits per heavy atom. The molecule has 0 radical (unpaired) electrons. The molecule has 0 amide bonds. The molecular weight excluding hydrogens is 427 g/mol. The molecule has 2 aromatic carbocycles. The number of halogens is 2. The lowest BCUT2D eigenvalue weighted by molar-refractivity contribution is -0.155. The Kier molecular flexibility index (Phi) is 6.25. The molecule has 0 N–H and O–H groups in total. The van der Waals surface area contributed by atoms with E-state index in [-0.39, 0.29) is 52.0 Å². The second kappa shape index (κ2) is 9.08. The summed E-state index contributed by atoms with van der Waals surface area (Å²) in [7, 11) is 1.37. The Morgan fingerprint density at radius 3 is 2.74 bits per heavy atom. The third-order valence-corrected chi connectivity index (χ3v) is 5.55. The summed E-state index contributed by atoms with van der Waals surface area (Å²) in [6, 6.07) is 10.4. The number of methoxy groups -OCH3 is 1. The number of carbonyl (C=O) groups excluding carboxylic acids is 1. The molecule has 0 unspecified atom stereocenters. The third-order valence-electron chi connectivity index (χ3n) is 5.25. The van der Waals surface area contributed by atoms with Gasteiger partial charge in [0.25, 0.3) is 0 Å². The Balaban J connectivity index is 1.37. The highest BCUT2D eigenvalue weighted by Crippen LogP contribution is 2.31. The van der Waals surface area contributed by atoms with Gasteiger partial charge in [0.15, 0.2) is 11.0 Å². The van der Waals surface area contributed by atoms with Crippen molar-refractivity contribution in [2.24, 2.45) is 5.92 Å². The van der Waals surface area contributed by atoms with Crippen LogP contribution in [0.15, 0.2) is 51.7 Å². The van der Waals surface area contributed by atoms with Crippen molar-refractivity contribution in [1.29, 1.82) is 0 Å². The number of esters is 1. The van der Waals surface area contributed by atoms with Gasteiger partial charge < -0.3 is 18.6 Å². The third kappa shape index (κ3) is 4.57. The number of ether oxygens (including phenoxy) is 3. The van der Waals surface area contributed by atoms with Gasteiger partial charge in [-0.05, 0) is 37.1 Å². The van der Waals surface area contributed by atoms with Crippen LogP contribution in [0.1, 0.15) is 12.8 Å². The van der Waals surface area contributed by atoms with Gasteiger partial charge in [-0.15, -0.1) is 0 Å². The zero-order chi connectivity index (χ0) is 22.0. The summed E-state index contributed by atoms with van der Waals surface area (Å²) >= 11 is 6.11. The average Bonchev–Trinajstić information content (AvgIpc) is 2.72. The molecule has 0 atom stereocenters. The number of hydrogen-bond donors (Lipinski definition) is 0. The molecule has 1 aromatic heterocycles. The van der Waals surface area contributed by atoms with E-state index in [0.717, 1.165) is 0 Å².